The number of halogens is 1. The lowest BCUT2D eigenvalue weighted by Crippen LogP contribution is -2.32. The maximum Gasteiger partial charge on any atom is 0.407 e. The summed E-state index contributed by atoms with van der Waals surface area (Å²) in [6.45, 7) is 5.56. The summed E-state index contributed by atoms with van der Waals surface area (Å²) in [5.41, 5.74) is -0.282. The second-order valence-corrected chi connectivity index (χ2v) is 5.00. The van der Waals surface area contributed by atoms with Gasteiger partial charge < -0.3 is 10.1 Å². The van der Waals surface area contributed by atoms with E-state index in [1.165, 1.54) is 12.3 Å². The van der Waals surface area contributed by atoms with Crippen LogP contribution in [0.1, 0.15) is 32.0 Å². The number of aromatic nitrogens is 1. The minimum Gasteiger partial charge on any atom is -0.444 e. The Morgan fingerprint density at radius 1 is 1.60 bits per heavy atom. The van der Waals surface area contributed by atoms with E-state index in [2.05, 4.69) is 10.3 Å². The van der Waals surface area contributed by atoms with Crippen LogP contribution in [0.3, 0.4) is 0 Å². The van der Waals surface area contributed by atoms with Crippen molar-refractivity contribution in [2.75, 3.05) is 6.54 Å². The molecule has 6 heteroatoms. The number of amides is 1. The number of nitrogens with one attached hydrogen (secondary N) is 1. The molecular formula is C14H16FN3O2. The molecule has 0 saturated carbocycles. The molecule has 0 aliphatic rings. The van der Waals surface area contributed by atoms with Gasteiger partial charge >= 0.3 is 6.09 Å². The Morgan fingerprint density at radius 3 is 2.85 bits per heavy atom. The number of ether oxygens (including phenoxy) is 1. The van der Waals surface area contributed by atoms with E-state index in [9.17, 15) is 9.18 Å². The Hall–Kier alpha value is -2.42. The van der Waals surface area contributed by atoms with Crippen LogP contribution in [-0.2, 0) is 4.74 Å². The van der Waals surface area contributed by atoms with Crippen LogP contribution in [-0.4, -0.2) is 23.2 Å². The second-order valence-electron chi connectivity index (χ2n) is 5.00. The van der Waals surface area contributed by atoms with Crippen LogP contribution in [0.4, 0.5) is 9.18 Å². The summed E-state index contributed by atoms with van der Waals surface area (Å²) in [5, 5.41) is 11.1. The minimum absolute atomic E-state index is 0.242. The van der Waals surface area contributed by atoms with Crippen molar-refractivity contribution in [2.45, 2.75) is 26.4 Å². The number of rotatable bonds is 3. The van der Waals surface area contributed by atoms with E-state index in [1.54, 1.807) is 39.0 Å². The van der Waals surface area contributed by atoms with Crippen LogP contribution in [0.5, 0.6) is 0 Å². The zero-order valence-electron chi connectivity index (χ0n) is 11.6. The SMILES string of the molecule is CC(C)(C)OC(=O)NCC=Cc1cnc(C#N)c(F)c1. The fraction of sp³-hybridized carbons (Fsp3) is 0.357. The summed E-state index contributed by atoms with van der Waals surface area (Å²) in [5.74, 6) is -0.672. The number of carbonyl (C=O) groups excluding carboxylic acids is 1. The molecule has 1 aromatic heterocycles. The molecule has 106 valence electrons. The number of hydrogen-bond acceptors (Lipinski definition) is 4. The van der Waals surface area contributed by atoms with Gasteiger partial charge in [0.2, 0.25) is 0 Å². The molecule has 0 aliphatic heterocycles. The first kappa shape index (κ1) is 15.6. The second kappa shape index (κ2) is 6.66. The molecule has 0 aliphatic carbocycles. The van der Waals surface area contributed by atoms with Crippen LogP contribution in [0.15, 0.2) is 18.3 Å². The first-order valence-corrected chi connectivity index (χ1v) is 6.01. The van der Waals surface area contributed by atoms with Gasteiger partial charge in [-0.1, -0.05) is 12.2 Å². The number of alkyl carbamates (subject to hydrolysis) is 1. The van der Waals surface area contributed by atoms with Gasteiger partial charge in [-0.2, -0.15) is 5.26 Å². The van der Waals surface area contributed by atoms with Crippen molar-refractivity contribution in [3.63, 3.8) is 0 Å². The Bertz CT molecular complexity index is 557. The van der Waals surface area contributed by atoms with Gasteiger partial charge in [0.1, 0.15) is 11.7 Å². The van der Waals surface area contributed by atoms with Gasteiger partial charge in [-0.3, -0.25) is 0 Å². The van der Waals surface area contributed by atoms with Gasteiger partial charge in [0, 0.05) is 12.7 Å². The number of nitrogens with zero attached hydrogens (tertiary/aromatic N) is 2. The van der Waals surface area contributed by atoms with Crippen molar-refractivity contribution < 1.29 is 13.9 Å². The molecule has 0 aromatic carbocycles. The molecular weight excluding hydrogens is 261 g/mol. The van der Waals surface area contributed by atoms with Crippen LogP contribution in [0.2, 0.25) is 0 Å². The lowest BCUT2D eigenvalue weighted by Gasteiger charge is -2.19. The maximum atomic E-state index is 13.3. The van der Waals surface area contributed by atoms with E-state index in [0.717, 1.165) is 0 Å². The third-order valence-corrected chi connectivity index (χ3v) is 2.04. The fourth-order valence-corrected chi connectivity index (χ4v) is 1.28. The summed E-state index contributed by atoms with van der Waals surface area (Å²) < 4.78 is 18.3. The lowest BCUT2D eigenvalue weighted by molar-refractivity contribution is 0.0534. The summed E-state index contributed by atoms with van der Waals surface area (Å²) >= 11 is 0. The molecule has 0 spiro atoms. The molecule has 0 fully saturated rings. The van der Waals surface area contributed by atoms with Crippen molar-refractivity contribution in [1.29, 1.82) is 5.26 Å². The number of nitriles is 1. The summed E-state index contributed by atoms with van der Waals surface area (Å²) in [6, 6.07) is 2.85. The highest BCUT2D eigenvalue weighted by atomic mass is 19.1. The zero-order valence-corrected chi connectivity index (χ0v) is 11.6. The standard InChI is InChI=1S/C14H16FN3O2/c1-14(2,3)20-13(19)17-6-4-5-10-7-11(15)12(8-16)18-9-10/h4-5,7,9H,6H2,1-3H3,(H,17,19). The minimum atomic E-state index is -0.672. The summed E-state index contributed by atoms with van der Waals surface area (Å²) in [6.07, 6.45) is 4.08. The monoisotopic (exact) mass is 277 g/mol. The van der Waals surface area contributed by atoms with Crippen LogP contribution in [0, 0.1) is 17.1 Å². The molecule has 1 aromatic rings. The molecule has 1 rings (SSSR count). The molecule has 0 bridgehead atoms. The van der Waals surface area contributed by atoms with Gasteiger partial charge in [-0.05, 0) is 32.4 Å². The first-order valence-electron chi connectivity index (χ1n) is 6.01. The number of hydrogen-bond donors (Lipinski definition) is 1. The molecule has 5 nitrogen and oxygen atoms in total. The van der Waals surface area contributed by atoms with Crippen molar-refractivity contribution in [2.24, 2.45) is 0 Å². The Labute approximate surface area is 117 Å². The molecule has 1 heterocycles. The lowest BCUT2D eigenvalue weighted by atomic mass is 10.2. The van der Waals surface area contributed by atoms with Crippen molar-refractivity contribution in [3.8, 4) is 6.07 Å². The van der Waals surface area contributed by atoms with E-state index in [-0.39, 0.29) is 12.2 Å². The average Bonchev–Trinajstić information content (AvgIpc) is 2.33. The van der Waals surface area contributed by atoms with Crippen LogP contribution in [0.25, 0.3) is 6.08 Å². The van der Waals surface area contributed by atoms with Gasteiger partial charge in [0.15, 0.2) is 11.5 Å². The molecule has 20 heavy (non-hydrogen) atoms. The Balaban J connectivity index is 2.48. The largest absolute Gasteiger partial charge is 0.444 e. The van der Waals surface area contributed by atoms with Crippen molar-refractivity contribution in [1.82, 2.24) is 10.3 Å². The van der Waals surface area contributed by atoms with Gasteiger partial charge in [-0.15, -0.1) is 0 Å². The molecule has 0 unspecified atom stereocenters. The molecule has 0 atom stereocenters. The van der Waals surface area contributed by atoms with Gasteiger partial charge in [0.05, 0.1) is 0 Å². The van der Waals surface area contributed by atoms with E-state index in [0.29, 0.717) is 5.56 Å². The molecule has 1 N–H and O–H groups in total. The highest BCUT2D eigenvalue weighted by Crippen LogP contribution is 2.08. The van der Waals surface area contributed by atoms with E-state index in [4.69, 9.17) is 10.00 Å². The predicted molar refractivity (Wildman–Crippen MR) is 72.2 cm³/mol. The third-order valence-electron chi connectivity index (χ3n) is 2.04. The zero-order chi connectivity index (χ0) is 15.2. The maximum absolute atomic E-state index is 13.3. The Morgan fingerprint density at radius 2 is 2.30 bits per heavy atom. The van der Waals surface area contributed by atoms with Gasteiger partial charge in [0.25, 0.3) is 0 Å². The summed E-state index contributed by atoms with van der Waals surface area (Å²) in [7, 11) is 0. The highest BCUT2D eigenvalue weighted by molar-refractivity contribution is 5.68. The molecule has 0 radical (unpaired) electrons. The quantitative estimate of drug-likeness (QED) is 0.921. The average molecular weight is 277 g/mol. The van der Waals surface area contributed by atoms with E-state index in [1.807, 2.05) is 0 Å². The first-order chi connectivity index (χ1) is 9.31. The highest BCUT2D eigenvalue weighted by Gasteiger charge is 2.14. The van der Waals surface area contributed by atoms with Crippen LogP contribution >= 0.6 is 0 Å². The van der Waals surface area contributed by atoms with Crippen molar-refractivity contribution in [3.05, 3.63) is 35.4 Å². The molecule has 0 saturated heterocycles. The topological polar surface area (TPSA) is 75.0 Å². The van der Waals surface area contributed by atoms with E-state index < -0.39 is 17.5 Å². The smallest absolute Gasteiger partial charge is 0.407 e. The fourth-order valence-electron chi connectivity index (χ4n) is 1.28. The van der Waals surface area contributed by atoms with Crippen molar-refractivity contribution >= 4 is 12.2 Å². The predicted octanol–water partition coefficient (Wildman–Crippen LogP) is 2.63. The third kappa shape index (κ3) is 5.48. The summed E-state index contributed by atoms with van der Waals surface area (Å²) in [4.78, 5) is 15.0. The normalized spacial score (nSPS) is 11.2. The number of pyridine rings is 1. The Kier molecular flexibility index (Phi) is 5.21. The van der Waals surface area contributed by atoms with Crippen LogP contribution < -0.4 is 5.32 Å². The molecule has 1 amide bonds. The number of carbonyl (C=O) groups is 1. The van der Waals surface area contributed by atoms with Gasteiger partial charge in [-0.25, -0.2) is 14.2 Å². The van der Waals surface area contributed by atoms with E-state index >= 15 is 0 Å².